The molecule has 0 saturated heterocycles. The van der Waals surface area contributed by atoms with Gasteiger partial charge in [0.15, 0.2) is 0 Å². The van der Waals surface area contributed by atoms with Crippen LogP contribution in [0.2, 0.25) is 5.15 Å². The van der Waals surface area contributed by atoms with Crippen LogP contribution in [0.4, 0.5) is 0 Å². The number of halogens is 1. The second-order valence-corrected chi connectivity index (χ2v) is 5.28. The van der Waals surface area contributed by atoms with Crippen LogP contribution >= 0.6 is 11.6 Å². The molecule has 0 unspecified atom stereocenters. The summed E-state index contributed by atoms with van der Waals surface area (Å²) < 4.78 is 5.48. The average Bonchev–Trinajstić information content (AvgIpc) is 3.30. The Balaban J connectivity index is 2.16. The van der Waals surface area contributed by atoms with E-state index in [9.17, 15) is 5.26 Å². The Kier molecular flexibility index (Phi) is 3.33. The van der Waals surface area contributed by atoms with E-state index in [1.165, 1.54) is 0 Å². The summed E-state index contributed by atoms with van der Waals surface area (Å²) in [6.07, 6.45) is 3.92. The van der Waals surface area contributed by atoms with Crippen molar-refractivity contribution in [2.45, 2.75) is 18.8 Å². The average molecular weight is 285 g/mol. The van der Waals surface area contributed by atoms with Gasteiger partial charge < -0.3 is 4.74 Å². The van der Waals surface area contributed by atoms with Crippen molar-refractivity contribution < 1.29 is 4.74 Å². The van der Waals surface area contributed by atoms with E-state index in [0.29, 0.717) is 16.6 Å². The standard InChI is InChI=1S/C16H13ClN2O/c1-20-14-7-12(11-4-5-19-15(17)8-11)6-13(9-18)16(14)10-2-3-10/h4-8,10H,2-3H2,1H3. The number of rotatable bonds is 3. The van der Waals surface area contributed by atoms with Crippen molar-refractivity contribution in [2.75, 3.05) is 7.11 Å². The van der Waals surface area contributed by atoms with Crippen LogP contribution in [0.1, 0.15) is 29.9 Å². The molecule has 3 nitrogen and oxygen atoms in total. The molecule has 4 heteroatoms. The van der Waals surface area contributed by atoms with Gasteiger partial charge in [-0.3, -0.25) is 0 Å². The quantitative estimate of drug-likeness (QED) is 0.795. The topological polar surface area (TPSA) is 45.9 Å². The highest BCUT2D eigenvalue weighted by Gasteiger charge is 2.30. The largest absolute Gasteiger partial charge is 0.496 e. The highest BCUT2D eigenvalue weighted by molar-refractivity contribution is 6.29. The second kappa shape index (κ2) is 5.15. The van der Waals surface area contributed by atoms with Gasteiger partial charge in [0.05, 0.1) is 18.7 Å². The summed E-state index contributed by atoms with van der Waals surface area (Å²) in [5.41, 5.74) is 3.59. The summed E-state index contributed by atoms with van der Waals surface area (Å²) in [5, 5.41) is 9.83. The van der Waals surface area contributed by atoms with Crippen LogP contribution < -0.4 is 4.74 Å². The number of nitriles is 1. The van der Waals surface area contributed by atoms with Crippen molar-refractivity contribution in [3.63, 3.8) is 0 Å². The molecule has 0 atom stereocenters. The minimum Gasteiger partial charge on any atom is -0.496 e. The number of pyridine rings is 1. The first-order valence-corrected chi connectivity index (χ1v) is 6.84. The zero-order valence-corrected chi connectivity index (χ0v) is 11.8. The number of aromatic nitrogens is 1. The fourth-order valence-electron chi connectivity index (χ4n) is 2.43. The van der Waals surface area contributed by atoms with Crippen molar-refractivity contribution in [3.05, 3.63) is 46.7 Å². The molecule has 100 valence electrons. The fourth-order valence-corrected chi connectivity index (χ4v) is 2.60. The molecule has 0 amide bonds. The van der Waals surface area contributed by atoms with Crippen LogP contribution in [0, 0.1) is 11.3 Å². The van der Waals surface area contributed by atoms with Gasteiger partial charge in [-0.25, -0.2) is 4.98 Å². The maximum atomic E-state index is 9.40. The summed E-state index contributed by atoms with van der Waals surface area (Å²) in [4.78, 5) is 3.98. The first-order valence-electron chi connectivity index (χ1n) is 6.47. The van der Waals surface area contributed by atoms with Crippen molar-refractivity contribution in [2.24, 2.45) is 0 Å². The predicted molar refractivity (Wildman–Crippen MR) is 77.9 cm³/mol. The van der Waals surface area contributed by atoms with Crippen LogP contribution in [0.15, 0.2) is 30.5 Å². The number of ether oxygens (including phenoxy) is 1. The van der Waals surface area contributed by atoms with E-state index in [1.54, 1.807) is 19.4 Å². The minimum absolute atomic E-state index is 0.436. The van der Waals surface area contributed by atoms with Gasteiger partial charge >= 0.3 is 0 Å². The predicted octanol–water partition coefficient (Wildman–Crippen LogP) is 4.16. The molecule has 3 rings (SSSR count). The molecule has 1 aliphatic rings. The second-order valence-electron chi connectivity index (χ2n) is 4.89. The van der Waals surface area contributed by atoms with E-state index in [4.69, 9.17) is 16.3 Å². The zero-order chi connectivity index (χ0) is 14.1. The third kappa shape index (κ3) is 2.35. The van der Waals surface area contributed by atoms with E-state index < -0.39 is 0 Å². The Bertz CT molecular complexity index is 702. The molecule has 1 heterocycles. The fraction of sp³-hybridized carbons (Fsp3) is 0.250. The van der Waals surface area contributed by atoms with Crippen LogP contribution in [0.25, 0.3) is 11.1 Å². The molecule has 1 aromatic carbocycles. The lowest BCUT2D eigenvalue weighted by atomic mass is 9.96. The Labute approximate surface area is 122 Å². The maximum Gasteiger partial charge on any atom is 0.129 e. The minimum atomic E-state index is 0.436. The smallest absolute Gasteiger partial charge is 0.129 e. The molecule has 1 aliphatic carbocycles. The molecule has 20 heavy (non-hydrogen) atoms. The summed E-state index contributed by atoms with van der Waals surface area (Å²) in [7, 11) is 1.64. The van der Waals surface area contributed by atoms with Crippen LogP contribution in [-0.4, -0.2) is 12.1 Å². The van der Waals surface area contributed by atoms with E-state index >= 15 is 0 Å². The summed E-state index contributed by atoms with van der Waals surface area (Å²) >= 11 is 5.93. The molecular formula is C16H13ClN2O. The van der Waals surface area contributed by atoms with E-state index in [1.807, 2.05) is 18.2 Å². The molecule has 1 aromatic heterocycles. The number of benzene rings is 1. The zero-order valence-electron chi connectivity index (χ0n) is 11.1. The molecule has 2 aromatic rings. The van der Waals surface area contributed by atoms with Gasteiger partial charge in [0.1, 0.15) is 10.9 Å². The molecule has 0 bridgehead atoms. The number of hydrogen-bond acceptors (Lipinski definition) is 3. The Hall–Kier alpha value is -2.05. The lowest BCUT2D eigenvalue weighted by Crippen LogP contribution is -1.96. The van der Waals surface area contributed by atoms with Crippen molar-refractivity contribution in [3.8, 4) is 22.9 Å². The monoisotopic (exact) mass is 284 g/mol. The Morgan fingerprint density at radius 3 is 2.70 bits per heavy atom. The van der Waals surface area contributed by atoms with Gasteiger partial charge in [-0.15, -0.1) is 0 Å². The number of methoxy groups -OCH3 is 1. The number of hydrogen-bond donors (Lipinski definition) is 0. The molecule has 1 fully saturated rings. The Morgan fingerprint density at radius 2 is 2.10 bits per heavy atom. The van der Waals surface area contributed by atoms with Gasteiger partial charge in [0.2, 0.25) is 0 Å². The van der Waals surface area contributed by atoms with E-state index in [2.05, 4.69) is 11.1 Å². The lowest BCUT2D eigenvalue weighted by Gasteiger charge is -2.12. The summed E-state index contributed by atoms with van der Waals surface area (Å²) in [6, 6.07) is 9.82. The van der Waals surface area contributed by atoms with Gasteiger partial charge in [-0.2, -0.15) is 5.26 Å². The van der Waals surface area contributed by atoms with Crippen molar-refractivity contribution in [1.29, 1.82) is 5.26 Å². The Morgan fingerprint density at radius 1 is 1.30 bits per heavy atom. The molecule has 0 radical (unpaired) electrons. The SMILES string of the molecule is COc1cc(-c2ccnc(Cl)c2)cc(C#N)c1C1CC1. The highest BCUT2D eigenvalue weighted by Crippen LogP contribution is 2.47. The first-order chi connectivity index (χ1) is 9.72. The summed E-state index contributed by atoms with van der Waals surface area (Å²) in [6.45, 7) is 0. The van der Waals surface area contributed by atoms with Crippen molar-refractivity contribution >= 4 is 11.6 Å². The normalized spacial score (nSPS) is 13.8. The van der Waals surface area contributed by atoms with Crippen LogP contribution in [0.3, 0.4) is 0 Å². The summed E-state index contributed by atoms with van der Waals surface area (Å²) in [5.74, 6) is 1.25. The third-order valence-corrected chi connectivity index (χ3v) is 3.73. The van der Waals surface area contributed by atoms with Gasteiger partial charge in [0, 0.05) is 11.8 Å². The third-order valence-electron chi connectivity index (χ3n) is 3.53. The van der Waals surface area contributed by atoms with Crippen molar-refractivity contribution in [1.82, 2.24) is 4.98 Å². The van der Waals surface area contributed by atoms with Gasteiger partial charge in [-0.05, 0) is 54.2 Å². The molecule has 0 N–H and O–H groups in total. The lowest BCUT2D eigenvalue weighted by molar-refractivity contribution is 0.410. The first kappa shape index (κ1) is 13.0. The van der Waals surface area contributed by atoms with Gasteiger partial charge in [0.25, 0.3) is 0 Å². The molecule has 0 spiro atoms. The maximum absolute atomic E-state index is 9.40. The number of nitrogens with zero attached hydrogens (tertiary/aromatic N) is 2. The van der Waals surface area contributed by atoms with E-state index in [-0.39, 0.29) is 0 Å². The van der Waals surface area contributed by atoms with E-state index in [0.717, 1.165) is 35.3 Å². The molecule has 1 saturated carbocycles. The van der Waals surface area contributed by atoms with Crippen LogP contribution in [0.5, 0.6) is 5.75 Å². The highest BCUT2D eigenvalue weighted by atomic mass is 35.5. The van der Waals surface area contributed by atoms with Gasteiger partial charge in [-0.1, -0.05) is 11.6 Å². The van der Waals surface area contributed by atoms with Crippen LogP contribution in [-0.2, 0) is 0 Å². The molecular weight excluding hydrogens is 272 g/mol. The molecule has 0 aliphatic heterocycles.